The number of rotatable bonds is 8. The molecule has 1 aliphatic rings. The van der Waals surface area contributed by atoms with Crippen molar-refractivity contribution in [1.29, 1.82) is 0 Å². The second-order valence-electron chi connectivity index (χ2n) is 5.20. The van der Waals surface area contributed by atoms with E-state index >= 15 is 0 Å². The summed E-state index contributed by atoms with van der Waals surface area (Å²) in [5.74, 6) is 0.467. The Morgan fingerprint density at radius 2 is 1.95 bits per heavy atom. The van der Waals surface area contributed by atoms with Crippen LogP contribution in [0.1, 0.15) is 32.1 Å². The van der Waals surface area contributed by atoms with Crippen molar-refractivity contribution in [2.45, 2.75) is 38.1 Å². The first-order chi connectivity index (χ1) is 9.84. The molecule has 1 heterocycles. The first kappa shape index (κ1) is 15.3. The maximum absolute atomic E-state index is 12.7. The summed E-state index contributed by atoms with van der Waals surface area (Å²) in [4.78, 5) is 0. The van der Waals surface area contributed by atoms with Gasteiger partial charge in [0.15, 0.2) is 0 Å². The zero-order chi connectivity index (χ0) is 14.0. The lowest BCUT2D eigenvalue weighted by molar-refractivity contribution is 0.108. The fourth-order valence-electron chi connectivity index (χ4n) is 2.38. The molecule has 1 atom stereocenters. The highest BCUT2D eigenvalue weighted by Gasteiger charge is 2.11. The number of benzene rings is 1. The Bertz CT molecular complexity index is 363. The molecule has 1 N–H and O–H groups in total. The van der Waals surface area contributed by atoms with Gasteiger partial charge in [-0.2, -0.15) is 0 Å². The van der Waals surface area contributed by atoms with Crippen LogP contribution in [0.5, 0.6) is 5.75 Å². The number of hydrogen-bond donors (Lipinski definition) is 1. The van der Waals surface area contributed by atoms with E-state index in [0.29, 0.717) is 25.0 Å². The monoisotopic (exact) mass is 281 g/mol. The number of nitrogens with one attached hydrogen (secondary N) is 1. The number of halogens is 1. The Morgan fingerprint density at radius 3 is 2.70 bits per heavy atom. The summed E-state index contributed by atoms with van der Waals surface area (Å²) in [6.45, 7) is 3.28. The van der Waals surface area contributed by atoms with Gasteiger partial charge in [-0.1, -0.05) is 6.42 Å². The normalized spacial score (nSPS) is 18.9. The minimum absolute atomic E-state index is 0.239. The molecule has 3 nitrogen and oxygen atoms in total. The highest BCUT2D eigenvalue weighted by Crippen LogP contribution is 2.11. The minimum atomic E-state index is -0.239. The third-order valence-electron chi connectivity index (χ3n) is 3.54. The van der Waals surface area contributed by atoms with Gasteiger partial charge in [0, 0.05) is 25.7 Å². The van der Waals surface area contributed by atoms with Crippen molar-refractivity contribution in [2.75, 3.05) is 26.4 Å². The van der Waals surface area contributed by atoms with Crippen LogP contribution in [0.3, 0.4) is 0 Å². The molecule has 1 fully saturated rings. The number of hydrogen-bond acceptors (Lipinski definition) is 3. The maximum atomic E-state index is 12.7. The average molecular weight is 281 g/mol. The molecular weight excluding hydrogens is 257 g/mol. The third-order valence-corrected chi connectivity index (χ3v) is 3.54. The van der Waals surface area contributed by atoms with Crippen molar-refractivity contribution in [3.63, 3.8) is 0 Å². The summed E-state index contributed by atoms with van der Waals surface area (Å²) in [5, 5.41) is 3.51. The quantitative estimate of drug-likeness (QED) is 0.743. The van der Waals surface area contributed by atoms with Crippen LogP contribution in [0.15, 0.2) is 24.3 Å². The Balaban J connectivity index is 1.44. The van der Waals surface area contributed by atoms with E-state index in [9.17, 15) is 4.39 Å². The number of ether oxygens (including phenoxy) is 2. The van der Waals surface area contributed by atoms with Crippen molar-refractivity contribution in [2.24, 2.45) is 0 Å². The van der Waals surface area contributed by atoms with Crippen LogP contribution in [-0.4, -0.2) is 32.4 Å². The maximum Gasteiger partial charge on any atom is 0.123 e. The molecule has 0 amide bonds. The molecule has 1 saturated heterocycles. The third kappa shape index (κ3) is 5.88. The largest absolute Gasteiger partial charge is 0.494 e. The Morgan fingerprint density at radius 1 is 1.10 bits per heavy atom. The molecule has 1 aromatic carbocycles. The molecule has 20 heavy (non-hydrogen) atoms. The molecule has 2 rings (SSSR count). The van der Waals surface area contributed by atoms with E-state index in [0.717, 1.165) is 26.0 Å². The van der Waals surface area contributed by atoms with Crippen molar-refractivity contribution in [3.05, 3.63) is 30.1 Å². The molecule has 112 valence electrons. The zero-order valence-electron chi connectivity index (χ0n) is 11.9. The summed E-state index contributed by atoms with van der Waals surface area (Å²) in [6.07, 6.45) is 5.87. The molecule has 1 unspecified atom stereocenters. The van der Waals surface area contributed by atoms with Gasteiger partial charge in [-0.3, -0.25) is 0 Å². The highest BCUT2D eigenvalue weighted by atomic mass is 19.1. The first-order valence-corrected chi connectivity index (χ1v) is 7.54. The predicted octanol–water partition coefficient (Wildman–Crippen LogP) is 3.14. The average Bonchev–Trinajstić information content (AvgIpc) is 2.49. The second-order valence-corrected chi connectivity index (χ2v) is 5.20. The molecule has 4 heteroatoms. The molecule has 0 aromatic heterocycles. The fourth-order valence-corrected chi connectivity index (χ4v) is 2.38. The molecule has 0 saturated carbocycles. The van der Waals surface area contributed by atoms with Crippen LogP contribution < -0.4 is 10.1 Å². The standard InChI is InChI=1S/C16H24FNO2/c17-14-5-7-16(8-6-14)20-12-3-11-19-13-9-15-4-1-2-10-18-15/h5-8,15,18H,1-4,9-13H2. The van der Waals surface area contributed by atoms with Crippen LogP contribution >= 0.6 is 0 Å². The number of piperidine rings is 1. The van der Waals surface area contributed by atoms with Gasteiger partial charge in [0.1, 0.15) is 11.6 Å². The van der Waals surface area contributed by atoms with Crippen LogP contribution in [0, 0.1) is 5.82 Å². The van der Waals surface area contributed by atoms with E-state index in [1.54, 1.807) is 12.1 Å². The van der Waals surface area contributed by atoms with E-state index in [2.05, 4.69) is 5.32 Å². The molecule has 0 aliphatic carbocycles. The second kappa shape index (κ2) is 8.93. The van der Waals surface area contributed by atoms with Gasteiger partial charge in [0.25, 0.3) is 0 Å². The van der Waals surface area contributed by atoms with Crippen LogP contribution in [0.25, 0.3) is 0 Å². The van der Waals surface area contributed by atoms with Crippen molar-refractivity contribution >= 4 is 0 Å². The van der Waals surface area contributed by atoms with Crippen molar-refractivity contribution < 1.29 is 13.9 Å². The van der Waals surface area contributed by atoms with Gasteiger partial charge in [0.2, 0.25) is 0 Å². The van der Waals surface area contributed by atoms with E-state index in [1.807, 2.05) is 0 Å². The lowest BCUT2D eigenvalue weighted by Crippen LogP contribution is -2.34. The highest BCUT2D eigenvalue weighted by molar-refractivity contribution is 5.21. The topological polar surface area (TPSA) is 30.5 Å². The molecule has 1 aliphatic heterocycles. The summed E-state index contributed by atoms with van der Waals surface area (Å²) in [6, 6.07) is 6.74. The molecule has 1 aromatic rings. The van der Waals surface area contributed by atoms with E-state index in [-0.39, 0.29) is 5.82 Å². The lowest BCUT2D eigenvalue weighted by Gasteiger charge is -2.23. The van der Waals surface area contributed by atoms with Crippen LogP contribution in [0.2, 0.25) is 0 Å². The van der Waals surface area contributed by atoms with Crippen molar-refractivity contribution in [3.8, 4) is 5.75 Å². The molecule has 0 bridgehead atoms. The van der Waals surface area contributed by atoms with E-state index in [4.69, 9.17) is 9.47 Å². The fraction of sp³-hybridized carbons (Fsp3) is 0.625. The van der Waals surface area contributed by atoms with Crippen LogP contribution in [0.4, 0.5) is 4.39 Å². The predicted molar refractivity (Wildman–Crippen MR) is 77.6 cm³/mol. The zero-order valence-corrected chi connectivity index (χ0v) is 11.9. The van der Waals surface area contributed by atoms with Gasteiger partial charge in [-0.25, -0.2) is 4.39 Å². The lowest BCUT2D eigenvalue weighted by atomic mass is 10.0. The summed E-state index contributed by atoms with van der Waals surface area (Å²) >= 11 is 0. The minimum Gasteiger partial charge on any atom is -0.494 e. The van der Waals surface area contributed by atoms with E-state index in [1.165, 1.54) is 31.4 Å². The summed E-state index contributed by atoms with van der Waals surface area (Å²) < 4.78 is 23.8. The van der Waals surface area contributed by atoms with Gasteiger partial charge in [0.05, 0.1) is 6.61 Å². The van der Waals surface area contributed by atoms with Gasteiger partial charge in [-0.15, -0.1) is 0 Å². The molecule has 0 spiro atoms. The summed E-state index contributed by atoms with van der Waals surface area (Å²) in [5.41, 5.74) is 0. The molecule has 0 radical (unpaired) electrons. The Kier molecular flexibility index (Phi) is 6.81. The smallest absolute Gasteiger partial charge is 0.123 e. The Hall–Kier alpha value is -1.13. The van der Waals surface area contributed by atoms with Gasteiger partial charge >= 0.3 is 0 Å². The summed E-state index contributed by atoms with van der Waals surface area (Å²) in [7, 11) is 0. The van der Waals surface area contributed by atoms with Crippen LogP contribution in [-0.2, 0) is 4.74 Å². The molecular formula is C16H24FNO2. The Labute approximate surface area is 120 Å². The SMILES string of the molecule is Fc1ccc(OCCCOCCC2CCCCN2)cc1. The first-order valence-electron chi connectivity index (χ1n) is 7.54. The van der Waals surface area contributed by atoms with E-state index < -0.39 is 0 Å². The van der Waals surface area contributed by atoms with Crippen molar-refractivity contribution in [1.82, 2.24) is 5.32 Å². The van der Waals surface area contributed by atoms with Gasteiger partial charge in [-0.05, 0) is 50.1 Å². The van der Waals surface area contributed by atoms with Gasteiger partial charge < -0.3 is 14.8 Å².